The first-order valence-electron chi connectivity index (χ1n) is 9.21. The molecular weight excluding hydrogens is 346 g/mol. The zero-order valence-corrected chi connectivity index (χ0v) is 16.9. The molecule has 6 heteroatoms. The average Bonchev–Trinajstić information content (AvgIpc) is 3.23. The van der Waals surface area contributed by atoms with Gasteiger partial charge in [-0.3, -0.25) is 4.79 Å². The summed E-state index contributed by atoms with van der Waals surface area (Å²) in [5.41, 5.74) is 3.44. The van der Waals surface area contributed by atoms with Crippen molar-refractivity contribution >= 4 is 17.2 Å². The number of nitrogens with one attached hydrogen (secondary N) is 1. The lowest BCUT2D eigenvalue weighted by molar-refractivity contribution is -0.136. The summed E-state index contributed by atoms with van der Waals surface area (Å²) in [7, 11) is 2.11. The van der Waals surface area contributed by atoms with Gasteiger partial charge in [0.1, 0.15) is 0 Å². The van der Waals surface area contributed by atoms with Crippen LogP contribution >= 0.6 is 11.3 Å². The van der Waals surface area contributed by atoms with Crippen molar-refractivity contribution in [1.82, 2.24) is 14.8 Å². The molecule has 142 valence electrons. The molecule has 1 aliphatic rings. The highest BCUT2D eigenvalue weighted by Crippen LogP contribution is 2.25. The number of hydrogen-bond donors (Lipinski definition) is 1. The van der Waals surface area contributed by atoms with Gasteiger partial charge in [0.2, 0.25) is 5.91 Å². The summed E-state index contributed by atoms with van der Waals surface area (Å²) in [5.74, 6) is 0.0409. The third-order valence-electron chi connectivity index (χ3n) is 5.04. The third kappa shape index (κ3) is 4.55. The molecule has 2 atom stereocenters. The minimum absolute atomic E-state index is 0.0635. The number of morpholine rings is 1. The van der Waals surface area contributed by atoms with Crippen LogP contribution in [0.5, 0.6) is 0 Å². The minimum atomic E-state index is -0.128. The first-order chi connectivity index (χ1) is 12.4. The van der Waals surface area contributed by atoms with Gasteiger partial charge < -0.3 is 19.5 Å². The number of likely N-dealkylation sites (N-methyl/N-ethyl adjacent to an activating group) is 1. The Hall–Kier alpha value is -1.63. The largest absolute Gasteiger partial charge is 0.374 e. The maximum Gasteiger partial charge on any atom is 0.231 e. The van der Waals surface area contributed by atoms with E-state index in [1.807, 2.05) is 29.3 Å². The number of rotatable bonds is 6. The van der Waals surface area contributed by atoms with E-state index in [4.69, 9.17) is 4.74 Å². The first kappa shape index (κ1) is 19.1. The average molecular weight is 376 g/mol. The van der Waals surface area contributed by atoms with Crippen LogP contribution in [0, 0.1) is 13.8 Å². The van der Waals surface area contributed by atoms with Gasteiger partial charge in [-0.1, -0.05) is 6.07 Å². The van der Waals surface area contributed by atoms with E-state index < -0.39 is 0 Å². The molecule has 3 heterocycles. The molecule has 0 radical (unpaired) electrons. The number of nitrogens with zero attached hydrogens (tertiary/aromatic N) is 2. The van der Waals surface area contributed by atoms with Crippen molar-refractivity contribution in [3.8, 4) is 0 Å². The topological polar surface area (TPSA) is 48.6 Å². The zero-order valence-electron chi connectivity index (χ0n) is 16.1. The summed E-state index contributed by atoms with van der Waals surface area (Å²) < 4.78 is 5.93. The molecule has 3 rings (SSSR count). The maximum atomic E-state index is 13.3. The molecule has 1 amide bonds. The van der Waals surface area contributed by atoms with Crippen molar-refractivity contribution in [2.75, 3.05) is 33.3 Å². The van der Waals surface area contributed by atoms with Crippen LogP contribution in [0.25, 0.3) is 0 Å². The van der Waals surface area contributed by atoms with Gasteiger partial charge >= 0.3 is 0 Å². The predicted molar refractivity (Wildman–Crippen MR) is 106 cm³/mol. The molecule has 2 aromatic heterocycles. The second-order valence-corrected chi connectivity index (χ2v) is 8.29. The number of carbonyl (C=O) groups excluding carboxylic acids is 1. The molecule has 0 unspecified atom stereocenters. The standard InChI is InChI=1S/C20H29N3O2S/c1-14-10-17(16(3)21-14)11-23(13-18-12-22(4)7-8-25-18)20(24)15(2)19-6-5-9-26-19/h5-6,9-10,15,18,21H,7-8,11-13H2,1-4H3/t15-,18-/m1/s1. The van der Waals surface area contributed by atoms with Gasteiger partial charge in [-0.15, -0.1) is 11.3 Å². The zero-order chi connectivity index (χ0) is 18.7. The lowest BCUT2D eigenvalue weighted by atomic mass is 10.1. The predicted octanol–water partition coefficient (Wildman–Crippen LogP) is 3.16. The van der Waals surface area contributed by atoms with Crippen molar-refractivity contribution in [1.29, 1.82) is 0 Å². The number of carbonyl (C=O) groups is 1. The number of thiophene rings is 1. The van der Waals surface area contributed by atoms with Crippen molar-refractivity contribution in [2.24, 2.45) is 0 Å². The van der Waals surface area contributed by atoms with Crippen LogP contribution < -0.4 is 0 Å². The van der Waals surface area contributed by atoms with Crippen molar-refractivity contribution in [3.63, 3.8) is 0 Å². The van der Waals surface area contributed by atoms with Gasteiger partial charge in [-0.25, -0.2) is 0 Å². The van der Waals surface area contributed by atoms with E-state index in [2.05, 4.69) is 36.8 Å². The van der Waals surface area contributed by atoms with E-state index in [1.54, 1.807) is 11.3 Å². The van der Waals surface area contributed by atoms with Gasteiger partial charge in [0.15, 0.2) is 0 Å². The van der Waals surface area contributed by atoms with Crippen LogP contribution in [0.3, 0.4) is 0 Å². The molecule has 2 aromatic rings. The molecule has 26 heavy (non-hydrogen) atoms. The van der Waals surface area contributed by atoms with Gasteiger partial charge in [0.05, 0.1) is 18.6 Å². The molecule has 1 saturated heterocycles. The lowest BCUT2D eigenvalue weighted by Crippen LogP contribution is -2.48. The van der Waals surface area contributed by atoms with Crippen LogP contribution in [0.15, 0.2) is 23.6 Å². The Labute approximate surface area is 160 Å². The number of aromatic amines is 1. The molecule has 0 aliphatic carbocycles. The second kappa shape index (κ2) is 8.37. The van der Waals surface area contributed by atoms with Gasteiger partial charge in [0, 0.05) is 42.4 Å². The summed E-state index contributed by atoms with van der Waals surface area (Å²) >= 11 is 1.64. The fourth-order valence-electron chi connectivity index (χ4n) is 3.54. The first-order valence-corrected chi connectivity index (χ1v) is 10.1. The highest BCUT2D eigenvalue weighted by atomic mass is 32.1. The monoisotopic (exact) mass is 375 g/mol. The number of ether oxygens (including phenoxy) is 1. The Kier molecular flexibility index (Phi) is 6.16. The number of hydrogen-bond acceptors (Lipinski definition) is 4. The fraction of sp³-hybridized carbons (Fsp3) is 0.550. The number of H-pyrrole nitrogens is 1. The SMILES string of the molecule is Cc1cc(CN(C[C@H]2CN(C)CCO2)C(=O)[C@H](C)c2cccs2)c(C)[nH]1. The molecule has 0 bridgehead atoms. The van der Waals surface area contributed by atoms with Crippen LogP contribution in [-0.4, -0.2) is 60.1 Å². The van der Waals surface area contributed by atoms with Crippen LogP contribution in [0.1, 0.15) is 34.7 Å². The Bertz CT molecular complexity index is 726. The molecule has 0 aromatic carbocycles. The van der Waals surface area contributed by atoms with E-state index in [9.17, 15) is 4.79 Å². The summed E-state index contributed by atoms with van der Waals surface area (Å²) in [6.45, 7) is 9.91. The van der Waals surface area contributed by atoms with E-state index in [0.29, 0.717) is 13.1 Å². The molecule has 0 saturated carbocycles. The van der Waals surface area contributed by atoms with Gasteiger partial charge in [0.25, 0.3) is 0 Å². The van der Waals surface area contributed by atoms with Crippen LogP contribution in [0.2, 0.25) is 0 Å². The molecule has 5 nitrogen and oxygen atoms in total. The third-order valence-corrected chi connectivity index (χ3v) is 6.09. The molecule has 1 aliphatic heterocycles. The van der Waals surface area contributed by atoms with Crippen LogP contribution in [0.4, 0.5) is 0 Å². The molecule has 1 fully saturated rings. The minimum Gasteiger partial charge on any atom is -0.374 e. The van der Waals surface area contributed by atoms with Crippen molar-refractivity contribution in [3.05, 3.63) is 45.4 Å². The molecule has 1 N–H and O–H groups in total. The Morgan fingerprint density at radius 2 is 2.31 bits per heavy atom. The van der Waals surface area contributed by atoms with Crippen molar-refractivity contribution < 1.29 is 9.53 Å². The Balaban J connectivity index is 1.78. The lowest BCUT2D eigenvalue weighted by Gasteiger charge is -2.35. The number of aromatic nitrogens is 1. The quantitative estimate of drug-likeness (QED) is 0.844. The summed E-state index contributed by atoms with van der Waals surface area (Å²) in [6.07, 6.45) is 0.0635. The van der Waals surface area contributed by atoms with Crippen LogP contribution in [-0.2, 0) is 16.1 Å². The van der Waals surface area contributed by atoms with E-state index in [-0.39, 0.29) is 17.9 Å². The summed E-state index contributed by atoms with van der Waals surface area (Å²) in [5, 5.41) is 2.03. The second-order valence-electron chi connectivity index (χ2n) is 7.31. The van der Waals surface area contributed by atoms with Gasteiger partial charge in [-0.2, -0.15) is 0 Å². The molecule has 0 spiro atoms. The highest BCUT2D eigenvalue weighted by molar-refractivity contribution is 7.10. The summed E-state index contributed by atoms with van der Waals surface area (Å²) in [6, 6.07) is 6.19. The Morgan fingerprint density at radius 1 is 1.50 bits per heavy atom. The normalized spacial score (nSPS) is 19.5. The number of amides is 1. The van der Waals surface area contributed by atoms with Gasteiger partial charge in [-0.05, 0) is 50.9 Å². The van der Waals surface area contributed by atoms with Crippen molar-refractivity contribution in [2.45, 2.75) is 39.3 Å². The smallest absolute Gasteiger partial charge is 0.231 e. The molecular formula is C20H29N3O2S. The van der Waals surface area contributed by atoms with E-state index in [0.717, 1.165) is 36.0 Å². The van der Waals surface area contributed by atoms with E-state index in [1.165, 1.54) is 5.56 Å². The van der Waals surface area contributed by atoms with E-state index >= 15 is 0 Å². The number of aryl methyl sites for hydroxylation is 2. The summed E-state index contributed by atoms with van der Waals surface area (Å²) in [4.78, 5) is 22.0. The fourth-order valence-corrected chi connectivity index (χ4v) is 4.32. The Morgan fingerprint density at radius 3 is 2.92 bits per heavy atom. The maximum absolute atomic E-state index is 13.3. The highest BCUT2D eigenvalue weighted by Gasteiger charge is 2.28.